The van der Waals surface area contributed by atoms with Crippen molar-refractivity contribution in [3.63, 3.8) is 0 Å². The molecule has 2 heterocycles. The maximum absolute atomic E-state index is 6.05. The van der Waals surface area contributed by atoms with Crippen LogP contribution in [0.5, 0.6) is 0 Å². The molecule has 1 unspecified atom stereocenters. The first-order valence-electron chi connectivity index (χ1n) is 5.87. The summed E-state index contributed by atoms with van der Waals surface area (Å²) < 4.78 is 0.930. The van der Waals surface area contributed by atoms with Gasteiger partial charge in [-0.15, -0.1) is 22.7 Å². The van der Waals surface area contributed by atoms with Crippen molar-refractivity contribution in [2.75, 3.05) is 6.54 Å². The van der Waals surface area contributed by atoms with Crippen molar-refractivity contribution in [2.45, 2.75) is 25.3 Å². The van der Waals surface area contributed by atoms with Gasteiger partial charge >= 0.3 is 0 Å². The maximum Gasteiger partial charge on any atom is 0.0934 e. The Bertz CT molecular complexity index is 489. The number of hydrogen-bond acceptors (Lipinski definition) is 3. The SMILES string of the molecule is Clc1cc2c(s1)CCC2NCCc1cccs1. The van der Waals surface area contributed by atoms with Crippen molar-refractivity contribution in [1.29, 1.82) is 0 Å². The van der Waals surface area contributed by atoms with E-state index in [1.54, 1.807) is 11.3 Å². The summed E-state index contributed by atoms with van der Waals surface area (Å²) in [6.45, 7) is 1.05. The van der Waals surface area contributed by atoms with Gasteiger partial charge in [0.05, 0.1) is 4.34 Å². The predicted molar refractivity (Wildman–Crippen MR) is 76.4 cm³/mol. The van der Waals surface area contributed by atoms with E-state index in [1.807, 2.05) is 11.3 Å². The fourth-order valence-electron chi connectivity index (χ4n) is 2.37. The zero-order valence-corrected chi connectivity index (χ0v) is 11.8. The van der Waals surface area contributed by atoms with Gasteiger partial charge in [0, 0.05) is 22.3 Å². The predicted octanol–water partition coefficient (Wildman–Crippen LogP) is 4.28. The van der Waals surface area contributed by atoms with E-state index < -0.39 is 0 Å². The van der Waals surface area contributed by atoms with Gasteiger partial charge in [-0.1, -0.05) is 17.7 Å². The van der Waals surface area contributed by atoms with Crippen LogP contribution in [0.4, 0.5) is 0 Å². The molecule has 17 heavy (non-hydrogen) atoms. The van der Waals surface area contributed by atoms with E-state index in [9.17, 15) is 0 Å². The molecule has 90 valence electrons. The van der Waals surface area contributed by atoms with E-state index in [0.717, 1.165) is 17.3 Å². The van der Waals surface area contributed by atoms with Gasteiger partial charge < -0.3 is 5.32 Å². The fraction of sp³-hybridized carbons (Fsp3) is 0.385. The van der Waals surface area contributed by atoms with Gasteiger partial charge in [0.1, 0.15) is 0 Å². The smallest absolute Gasteiger partial charge is 0.0934 e. The minimum atomic E-state index is 0.522. The molecule has 3 rings (SSSR count). The quantitative estimate of drug-likeness (QED) is 0.883. The lowest BCUT2D eigenvalue weighted by Gasteiger charge is -2.12. The first kappa shape index (κ1) is 11.7. The minimum Gasteiger partial charge on any atom is -0.310 e. The Morgan fingerprint density at radius 2 is 2.41 bits per heavy atom. The average Bonchev–Trinajstić information content (AvgIpc) is 2.97. The Hall–Kier alpha value is -0.350. The molecule has 4 heteroatoms. The number of hydrogen-bond donors (Lipinski definition) is 1. The lowest BCUT2D eigenvalue weighted by atomic mass is 10.2. The number of rotatable bonds is 4. The van der Waals surface area contributed by atoms with E-state index in [4.69, 9.17) is 11.6 Å². The van der Waals surface area contributed by atoms with Crippen molar-refractivity contribution in [3.8, 4) is 0 Å². The van der Waals surface area contributed by atoms with Gasteiger partial charge in [-0.05, 0) is 42.3 Å². The standard InChI is InChI=1S/C13H14ClNS2/c14-13-8-10-11(3-4-12(10)17-13)15-6-5-9-2-1-7-16-9/h1-2,7-8,11,15H,3-6H2. The first-order chi connectivity index (χ1) is 8.33. The molecule has 0 aromatic carbocycles. The summed E-state index contributed by atoms with van der Waals surface area (Å²) in [6, 6.07) is 6.98. The molecule has 0 saturated carbocycles. The second-order valence-corrected chi connectivity index (χ2v) is 7.10. The van der Waals surface area contributed by atoms with Crippen molar-refractivity contribution in [2.24, 2.45) is 0 Å². The average molecular weight is 284 g/mol. The summed E-state index contributed by atoms with van der Waals surface area (Å²) in [7, 11) is 0. The molecule has 1 aliphatic rings. The topological polar surface area (TPSA) is 12.0 Å². The summed E-state index contributed by atoms with van der Waals surface area (Å²) >= 11 is 9.63. The number of aryl methyl sites for hydroxylation is 1. The first-order valence-corrected chi connectivity index (χ1v) is 7.94. The highest BCUT2D eigenvalue weighted by atomic mass is 35.5. The van der Waals surface area contributed by atoms with Gasteiger partial charge in [0.25, 0.3) is 0 Å². The molecular weight excluding hydrogens is 270 g/mol. The number of nitrogens with one attached hydrogen (secondary N) is 1. The van der Waals surface area contributed by atoms with Crippen LogP contribution in [-0.2, 0) is 12.8 Å². The molecule has 0 amide bonds. The Kier molecular flexibility index (Phi) is 3.52. The van der Waals surface area contributed by atoms with Crippen LogP contribution in [0.25, 0.3) is 0 Å². The molecular formula is C13H14ClNS2. The molecule has 2 aromatic rings. The number of thiophene rings is 2. The van der Waals surface area contributed by atoms with Gasteiger partial charge in [-0.3, -0.25) is 0 Å². The molecule has 0 bridgehead atoms. The Morgan fingerprint density at radius 3 is 3.24 bits per heavy atom. The van der Waals surface area contributed by atoms with Crippen molar-refractivity contribution in [3.05, 3.63) is 43.2 Å². The molecule has 1 atom stereocenters. The summed E-state index contributed by atoms with van der Waals surface area (Å²) in [6.07, 6.45) is 3.54. The van der Waals surface area contributed by atoms with Crippen LogP contribution >= 0.6 is 34.3 Å². The zero-order valence-electron chi connectivity index (χ0n) is 9.41. The largest absolute Gasteiger partial charge is 0.310 e. The van der Waals surface area contributed by atoms with Crippen molar-refractivity contribution in [1.82, 2.24) is 5.32 Å². The highest BCUT2D eigenvalue weighted by molar-refractivity contribution is 7.16. The molecule has 1 N–H and O–H groups in total. The van der Waals surface area contributed by atoms with Gasteiger partial charge in [-0.2, -0.15) is 0 Å². The third-order valence-corrected chi connectivity index (χ3v) is 5.47. The van der Waals surface area contributed by atoms with Crippen LogP contribution in [0, 0.1) is 0 Å². The summed E-state index contributed by atoms with van der Waals surface area (Å²) in [5.74, 6) is 0. The van der Waals surface area contributed by atoms with E-state index in [1.165, 1.54) is 28.2 Å². The van der Waals surface area contributed by atoms with E-state index in [0.29, 0.717) is 6.04 Å². The van der Waals surface area contributed by atoms with Crippen LogP contribution in [0.15, 0.2) is 23.6 Å². The van der Waals surface area contributed by atoms with Crippen LogP contribution < -0.4 is 5.32 Å². The Balaban J connectivity index is 1.56. The minimum absolute atomic E-state index is 0.522. The van der Waals surface area contributed by atoms with Crippen LogP contribution in [0.3, 0.4) is 0 Å². The molecule has 1 nitrogen and oxygen atoms in total. The van der Waals surface area contributed by atoms with Gasteiger partial charge in [0.2, 0.25) is 0 Å². The van der Waals surface area contributed by atoms with Crippen LogP contribution in [0.2, 0.25) is 4.34 Å². The normalized spacial score (nSPS) is 18.5. The third-order valence-electron chi connectivity index (χ3n) is 3.19. The molecule has 0 saturated heterocycles. The molecule has 0 aliphatic heterocycles. The molecule has 0 spiro atoms. The van der Waals surface area contributed by atoms with Gasteiger partial charge in [0.15, 0.2) is 0 Å². The Morgan fingerprint density at radius 1 is 1.47 bits per heavy atom. The van der Waals surface area contributed by atoms with Crippen molar-refractivity contribution >= 4 is 34.3 Å². The third kappa shape index (κ3) is 2.58. The number of fused-ring (bicyclic) bond motifs is 1. The van der Waals surface area contributed by atoms with E-state index in [-0.39, 0.29) is 0 Å². The summed E-state index contributed by atoms with van der Waals surface area (Å²) in [5.41, 5.74) is 1.44. The van der Waals surface area contributed by atoms with E-state index in [2.05, 4.69) is 28.9 Å². The van der Waals surface area contributed by atoms with Crippen LogP contribution in [-0.4, -0.2) is 6.54 Å². The van der Waals surface area contributed by atoms with Crippen LogP contribution in [0.1, 0.15) is 27.8 Å². The lowest BCUT2D eigenvalue weighted by molar-refractivity contribution is 0.535. The lowest BCUT2D eigenvalue weighted by Crippen LogP contribution is -2.21. The van der Waals surface area contributed by atoms with Gasteiger partial charge in [-0.25, -0.2) is 0 Å². The maximum atomic E-state index is 6.05. The zero-order chi connectivity index (χ0) is 11.7. The monoisotopic (exact) mass is 283 g/mol. The Labute approximate surface area is 114 Å². The highest BCUT2D eigenvalue weighted by Crippen LogP contribution is 2.39. The fourth-order valence-corrected chi connectivity index (χ4v) is 4.43. The molecule has 0 radical (unpaired) electrons. The molecule has 0 fully saturated rings. The summed E-state index contributed by atoms with van der Waals surface area (Å²) in [4.78, 5) is 2.93. The second-order valence-electron chi connectivity index (χ2n) is 4.30. The highest BCUT2D eigenvalue weighted by Gasteiger charge is 2.24. The van der Waals surface area contributed by atoms with Crippen molar-refractivity contribution < 1.29 is 0 Å². The number of halogens is 1. The summed E-state index contributed by atoms with van der Waals surface area (Å²) in [5, 5.41) is 5.78. The molecule has 2 aromatic heterocycles. The van der Waals surface area contributed by atoms with E-state index >= 15 is 0 Å². The molecule has 1 aliphatic carbocycles. The second kappa shape index (κ2) is 5.11.